The lowest BCUT2D eigenvalue weighted by molar-refractivity contribution is -0.0721. The molecule has 1 atom stereocenters. The minimum Gasteiger partial charge on any atom is -0.376 e. The van der Waals surface area contributed by atoms with Crippen molar-refractivity contribution in [3.63, 3.8) is 0 Å². The predicted octanol–water partition coefficient (Wildman–Crippen LogP) is 2.56. The van der Waals surface area contributed by atoms with E-state index in [-0.39, 0.29) is 12.0 Å². The molecule has 1 amide bonds. The Bertz CT molecular complexity index is 695. The van der Waals surface area contributed by atoms with Crippen molar-refractivity contribution in [3.05, 3.63) is 35.4 Å². The Morgan fingerprint density at radius 2 is 2.07 bits per heavy atom. The monoisotopic (exact) mass is 416 g/mol. The van der Waals surface area contributed by atoms with Crippen molar-refractivity contribution in [2.24, 2.45) is 4.99 Å². The molecule has 166 valence electrons. The van der Waals surface area contributed by atoms with E-state index in [1.54, 1.807) is 0 Å². The molecule has 2 aliphatic rings. The standard InChI is InChI=1S/C23H36N4O3/c1-3-25-22(28)19-8-6-7-18(15-19)16-26-23(24-2)27-12-10-20(11-13-27)30-17-21-9-4-5-14-29-21/h6-8,15,20-21H,3-5,9-14,16-17H2,1-2H3,(H,24,26)(H,25,28). The van der Waals surface area contributed by atoms with Gasteiger partial charge in [-0.15, -0.1) is 0 Å². The highest BCUT2D eigenvalue weighted by Crippen LogP contribution is 2.18. The summed E-state index contributed by atoms with van der Waals surface area (Å²) in [6.07, 6.45) is 6.13. The highest BCUT2D eigenvalue weighted by molar-refractivity contribution is 5.94. The summed E-state index contributed by atoms with van der Waals surface area (Å²) in [5, 5.41) is 6.28. The maximum Gasteiger partial charge on any atom is 0.251 e. The summed E-state index contributed by atoms with van der Waals surface area (Å²) in [5.74, 6) is 0.858. The van der Waals surface area contributed by atoms with Crippen molar-refractivity contribution in [2.75, 3.05) is 39.9 Å². The topological polar surface area (TPSA) is 75.2 Å². The number of hydrogen-bond donors (Lipinski definition) is 2. The zero-order valence-electron chi connectivity index (χ0n) is 18.4. The van der Waals surface area contributed by atoms with Crippen LogP contribution < -0.4 is 10.6 Å². The quantitative estimate of drug-likeness (QED) is 0.528. The summed E-state index contributed by atoms with van der Waals surface area (Å²) in [7, 11) is 1.82. The predicted molar refractivity (Wildman–Crippen MR) is 119 cm³/mol. The maximum absolute atomic E-state index is 12.0. The van der Waals surface area contributed by atoms with E-state index < -0.39 is 0 Å². The molecule has 0 aromatic heterocycles. The summed E-state index contributed by atoms with van der Waals surface area (Å²) in [6, 6.07) is 7.71. The Hall–Kier alpha value is -2.12. The molecule has 3 rings (SSSR count). The van der Waals surface area contributed by atoms with Gasteiger partial charge in [0.05, 0.1) is 18.8 Å². The summed E-state index contributed by atoms with van der Waals surface area (Å²) in [4.78, 5) is 18.8. The average molecular weight is 417 g/mol. The second kappa shape index (κ2) is 11.9. The van der Waals surface area contributed by atoms with Gasteiger partial charge < -0.3 is 25.0 Å². The first-order valence-electron chi connectivity index (χ1n) is 11.3. The van der Waals surface area contributed by atoms with Crippen LogP contribution in [0.4, 0.5) is 0 Å². The Kier molecular flexibility index (Phi) is 8.96. The van der Waals surface area contributed by atoms with E-state index >= 15 is 0 Å². The molecule has 30 heavy (non-hydrogen) atoms. The molecular weight excluding hydrogens is 380 g/mol. The first-order valence-corrected chi connectivity index (χ1v) is 11.3. The van der Waals surface area contributed by atoms with Gasteiger partial charge in [-0.25, -0.2) is 0 Å². The third-order valence-corrected chi connectivity index (χ3v) is 5.72. The fourth-order valence-electron chi connectivity index (χ4n) is 4.02. The zero-order chi connectivity index (χ0) is 21.2. The number of hydrogen-bond acceptors (Lipinski definition) is 4. The molecule has 0 spiro atoms. The Morgan fingerprint density at radius 1 is 1.23 bits per heavy atom. The van der Waals surface area contributed by atoms with Crippen molar-refractivity contribution < 1.29 is 14.3 Å². The van der Waals surface area contributed by atoms with Gasteiger partial charge in [0.25, 0.3) is 5.91 Å². The van der Waals surface area contributed by atoms with E-state index in [2.05, 4.69) is 20.5 Å². The lowest BCUT2D eigenvalue weighted by Crippen LogP contribution is -2.47. The number of amides is 1. The molecule has 7 heteroatoms. The van der Waals surface area contributed by atoms with E-state index in [9.17, 15) is 4.79 Å². The average Bonchev–Trinajstić information content (AvgIpc) is 2.80. The third-order valence-electron chi connectivity index (χ3n) is 5.72. The Morgan fingerprint density at radius 3 is 2.77 bits per heavy atom. The van der Waals surface area contributed by atoms with Crippen molar-refractivity contribution in [3.8, 4) is 0 Å². The number of piperidine rings is 1. The van der Waals surface area contributed by atoms with Gasteiger partial charge in [0, 0.05) is 45.4 Å². The second-order valence-corrected chi connectivity index (χ2v) is 7.97. The van der Waals surface area contributed by atoms with Crippen molar-refractivity contribution in [1.82, 2.24) is 15.5 Å². The van der Waals surface area contributed by atoms with Crippen molar-refractivity contribution in [2.45, 2.75) is 57.8 Å². The van der Waals surface area contributed by atoms with Gasteiger partial charge in [0.2, 0.25) is 0 Å². The van der Waals surface area contributed by atoms with Crippen LogP contribution in [0.15, 0.2) is 29.3 Å². The molecular formula is C23H36N4O3. The summed E-state index contributed by atoms with van der Waals surface area (Å²) >= 11 is 0. The molecule has 2 saturated heterocycles. The van der Waals surface area contributed by atoms with E-state index in [0.29, 0.717) is 24.8 Å². The van der Waals surface area contributed by atoms with Crippen molar-refractivity contribution >= 4 is 11.9 Å². The molecule has 2 aliphatic heterocycles. The van der Waals surface area contributed by atoms with Gasteiger partial charge in [0.1, 0.15) is 0 Å². The number of likely N-dealkylation sites (tertiary alicyclic amines) is 1. The molecule has 0 radical (unpaired) electrons. The van der Waals surface area contributed by atoms with E-state index in [1.165, 1.54) is 12.8 Å². The lowest BCUT2D eigenvalue weighted by atomic mass is 10.1. The van der Waals surface area contributed by atoms with Crippen LogP contribution in [0.5, 0.6) is 0 Å². The SMILES string of the molecule is CCNC(=O)c1cccc(CNC(=NC)N2CCC(OCC3CCCCO3)CC2)c1. The normalized spacial score (nSPS) is 20.8. The minimum atomic E-state index is -0.0376. The van der Waals surface area contributed by atoms with Gasteiger partial charge in [-0.3, -0.25) is 9.79 Å². The number of carbonyl (C=O) groups excluding carboxylic acids is 1. The number of nitrogens with one attached hydrogen (secondary N) is 2. The smallest absolute Gasteiger partial charge is 0.251 e. The number of aliphatic imine (C=N–C) groups is 1. The van der Waals surface area contributed by atoms with Crippen LogP contribution in [-0.2, 0) is 16.0 Å². The first-order chi connectivity index (χ1) is 14.7. The molecule has 0 bridgehead atoms. The number of carbonyl (C=O) groups is 1. The van der Waals surface area contributed by atoms with E-state index in [0.717, 1.165) is 57.1 Å². The van der Waals surface area contributed by atoms with Gasteiger partial charge in [-0.05, 0) is 56.7 Å². The van der Waals surface area contributed by atoms with Crippen LogP contribution >= 0.6 is 0 Å². The van der Waals surface area contributed by atoms with Crippen LogP contribution in [0.25, 0.3) is 0 Å². The summed E-state index contributed by atoms with van der Waals surface area (Å²) < 4.78 is 11.9. The maximum atomic E-state index is 12.0. The van der Waals surface area contributed by atoms with Crippen molar-refractivity contribution in [1.29, 1.82) is 0 Å². The van der Waals surface area contributed by atoms with Crippen LogP contribution in [0.1, 0.15) is 54.9 Å². The summed E-state index contributed by atoms with van der Waals surface area (Å²) in [6.45, 7) is 6.63. The fraction of sp³-hybridized carbons (Fsp3) is 0.652. The van der Waals surface area contributed by atoms with Gasteiger partial charge >= 0.3 is 0 Å². The molecule has 2 N–H and O–H groups in total. The Balaban J connectivity index is 1.42. The Labute approximate surface area is 180 Å². The van der Waals surface area contributed by atoms with Crippen LogP contribution in [0.2, 0.25) is 0 Å². The van der Waals surface area contributed by atoms with Crippen LogP contribution in [-0.4, -0.2) is 68.9 Å². The number of benzene rings is 1. The second-order valence-electron chi connectivity index (χ2n) is 7.97. The molecule has 0 aliphatic carbocycles. The molecule has 2 heterocycles. The lowest BCUT2D eigenvalue weighted by Gasteiger charge is -2.35. The van der Waals surface area contributed by atoms with E-state index in [1.807, 2.05) is 38.2 Å². The summed E-state index contributed by atoms with van der Waals surface area (Å²) in [5.41, 5.74) is 1.75. The molecule has 1 aromatic carbocycles. The molecule has 1 aromatic rings. The molecule has 0 saturated carbocycles. The van der Waals surface area contributed by atoms with E-state index in [4.69, 9.17) is 9.47 Å². The molecule has 2 fully saturated rings. The van der Waals surface area contributed by atoms with Gasteiger partial charge in [-0.1, -0.05) is 12.1 Å². The highest BCUT2D eigenvalue weighted by atomic mass is 16.5. The molecule has 7 nitrogen and oxygen atoms in total. The minimum absolute atomic E-state index is 0.0376. The largest absolute Gasteiger partial charge is 0.376 e. The number of guanidine groups is 1. The van der Waals surface area contributed by atoms with Crippen LogP contribution in [0, 0.1) is 0 Å². The van der Waals surface area contributed by atoms with Crippen LogP contribution in [0.3, 0.4) is 0 Å². The number of rotatable bonds is 7. The third kappa shape index (κ3) is 6.71. The molecule has 1 unspecified atom stereocenters. The fourth-order valence-corrected chi connectivity index (χ4v) is 4.02. The van der Waals surface area contributed by atoms with Gasteiger partial charge in [-0.2, -0.15) is 0 Å². The zero-order valence-corrected chi connectivity index (χ0v) is 18.4. The number of ether oxygens (including phenoxy) is 2. The van der Waals surface area contributed by atoms with Gasteiger partial charge in [0.15, 0.2) is 5.96 Å². The first kappa shape index (κ1) is 22.6. The highest BCUT2D eigenvalue weighted by Gasteiger charge is 2.23. The number of nitrogens with zero attached hydrogens (tertiary/aromatic N) is 2.